The highest BCUT2D eigenvalue weighted by atomic mass is 16.5. The summed E-state index contributed by atoms with van der Waals surface area (Å²) in [5.74, 6) is 1.65. The minimum Gasteiger partial charge on any atom is -0.508 e. The van der Waals surface area contributed by atoms with Gasteiger partial charge in [0.1, 0.15) is 11.5 Å². The number of benzene rings is 3. The summed E-state index contributed by atoms with van der Waals surface area (Å²) in [6.45, 7) is 4.88. The molecule has 214 valence electrons. The van der Waals surface area contributed by atoms with Gasteiger partial charge in [-0.2, -0.15) is 0 Å². The third-order valence-electron chi connectivity index (χ3n) is 7.26. The van der Waals surface area contributed by atoms with Crippen molar-refractivity contribution in [3.8, 4) is 34.1 Å². The summed E-state index contributed by atoms with van der Waals surface area (Å²) in [4.78, 5) is 12.4. The van der Waals surface area contributed by atoms with Crippen LogP contribution in [0.15, 0.2) is 72.8 Å². The van der Waals surface area contributed by atoms with Gasteiger partial charge in [-0.1, -0.05) is 76.3 Å². The van der Waals surface area contributed by atoms with Crippen molar-refractivity contribution in [3.63, 3.8) is 0 Å². The van der Waals surface area contributed by atoms with E-state index in [9.17, 15) is 20.1 Å². The zero-order chi connectivity index (χ0) is 28.7. The standard InChI is InChI=1S/C35H44O5/c1-3-4-6-9-26(2)10-7-5-8-11-30(36)17-12-27-13-21-34(39)35(24-27)40-23-22-29-16-20-32(38)25-33(29)28-14-18-31(37)19-15-28/h8,11,13-16,18-21,24-26,37-39H,3-7,9-10,12,17,22-23H2,1-2H3/b11-8+/t26-/m0/s1. The van der Waals surface area contributed by atoms with Crippen molar-refractivity contribution in [2.75, 3.05) is 6.61 Å². The van der Waals surface area contributed by atoms with Crippen LogP contribution < -0.4 is 4.74 Å². The van der Waals surface area contributed by atoms with E-state index in [1.165, 1.54) is 32.1 Å². The Hall–Kier alpha value is -3.73. The number of carbonyl (C=O) groups is 1. The summed E-state index contributed by atoms with van der Waals surface area (Å²) < 4.78 is 5.92. The number of aryl methyl sites for hydroxylation is 1. The van der Waals surface area contributed by atoms with Crippen molar-refractivity contribution in [3.05, 3.63) is 83.9 Å². The first-order valence-electron chi connectivity index (χ1n) is 14.6. The Bertz CT molecular complexity index is 1230. The highest BCUT2D eigenvalue weighted by molar-refractivity contribution is 5.89. The Morgan fingerprint density at radius 1 is 0.875 bits per heavy atom. The summed E-state index contributed by atoms with van der Waals surface area (Å²) in [6.07, 6.45) is 13.7. The fraction of sp³-hybridized carbons (Fsp3) is 0.400. The third kappa shape index (κ3) is 10.4. The topological polar surface area (TPSA) is 87.0 Å². The molecule has 3 N–H and O–H groups in total. The Kier molecular flexibility index (Phi) is 12.6. The first-order valence-corrected chi connectivity index (χ1v) is 14.6. The summed E-state index contributed by atoms with van der Waals surface area (Å²) in [5, 5.41) is 29.9. The molecule has 0 radical (unpaired) electrons. The van der Waals surface area contributed by atoms with Crippen LogP contribution in [0.1, 0.15) is 76.3 Å². The Labute approximate surface area is 239 Å². The van der Waals surface area contributed by atoms with Crippen molar-refractivity contribution < 1.29 is 24.9 Å². The second-order valence-corrected chi connectivity index (χ2v) is 10.7. The van der Waals surface area contributed by atoms with Gasteiger partial charge in [-0.3, -0.25) is 4.79 Å². The molecule has 40 heavy (non-hydrogen) atoms. The van der Waals surface area contributed by atoms with E-state index in [1.54, 1.807) is 54.6 Å². The molecule has 3 rings (SSSR count). The van der Waals surface area contributed by atoms with Crippen LogP contribution in [0.2, 0.25) is 0 Å². The Morgan fingerprint density at radius 3 is 2.40 bits per heavy atom. The number of allylic oxidation sites excluding steroid dienone is 2. The van der Waals surface area contributed by atoms with Gasteiger partial charge < -0.3 is 20.1 Å². The van der Waals surface area contributed by atoms with Crippen LogP contribution in [-0.4, -0.2) is 27.7 Å². The van der Waals surface area contributed by atoms with Gasteiger partial charge in [-0.15, -0.1) is 0 Å². The zero-order valence-corrected chi connectivity index (χ0v) is 23.9. The fourth-order valence-corrected chi connectivity index (χ4v) is 4.83. The minimum absolute atomic E-state index is 0.0587. The monoisotopic (exact) mass is 544 g/mol. The number of ketones is 1. The number of carbonyl (C=O) groups excluding carboxylic acids is 1. The molecule has 5 heteroatoms. The number of hydrogen-bond donors (Lipinski definition) is 3. The van der Waals surface area contributed by atoms with E-state index in [2.05, 4.69) is 13.8 Å². The van der Waals surface area contributed by atoms with Gasteiger partial charge in [-0.05, 0) is 89.9 Å². The molecule has 0 fully saturated rings. The maximum absolute atomic E-state index is 12.4. The summed E-state index contributed by atoms with van der Waals surface area (Å²) >= 11 is 0. The molecule has 3 aromatic rings. The number of ether oxygens (including phenoxy) is 1. The van der Waals surface area contributed by atoms with Crippen molar-refractivity contribution in [2.24, 2.45) is 5.92 Å². The van der Waals surface area contributed by atoms with Crippen LogP contribution in [0, 0.1) is 5.92 Å². The van der Waals surface area contributed by atoms with Crippen molar-refractivity contribution in [1.29, 1.82) is 0 Å². The first kappa shape index (κ1) is 30.8. The van der Waals surface area contributed by atoms with Gasteiger partial charge in [0.15, 0.2) is 17.3 Å². The molecule has 3 aromatic carbocycles. The highest BCUT2D eigenvalue weighted by Crippen LogP contribution is 2.31. The van der Waals surface area contributed by atoms with E-state index < -0.39 is 0 Å². The fourth-order valence-electron chi connectivity index (χ4n) is 4.83. The maximum Gasteiger partial charge on any atom is 0.161 e. The SMILES string of the molecule is CCCCC[C@H](C)CCC/C=C/C(=O)CCc1ccc(O)c(OCCc2ccc(O)cc2-c2ccc(O)cc2)c1. The van der Waals surface area contributed by atoms with Crippen molar-refractivity contribution in [2.45, 2.75) is 78.1 Å². The smallest absolute Gasteiger partial charge is 0.161 e. The highest BCUT2D eigenvalue weighted by Gasteiger charge is 2.10. The molecule has 0 aliphatic carbocycles. The molecule has 0 amide bonds. The van der Waals surface area contributed by atoms with E-state index in [1.807, 2.05) is 18.2 Å². The molecule has 5 nitrogen and oxygen atoms in total. The van der Waals surface area contributed by atoms with E-state index >= 15 is 0 Å². The first-order chi connectivity index (χ1) is 19.4. The van der Waals surface area contributed by atoms with Crippen molar-refractivity contribution >= 4 is 5.78 Å². The molecule has 0 aliphatic heterocycles. The molecular weight excluding hydrogens is 500 g/mol. The lowest BCUT2D eigenvalue weighted by Gasteiger charge is -2.13. The molecular formula is C35H44O5. The molecule has 1 atom stereocenters. The van der Waals surface area contributed by atoms with Gasteiger partial charge in [0, 0.05) is 12.8 Å². The second-order valence-electron chi connectivity index (χ2n) is 10.7. The average molecular weight is 545 g/mol. The number of phenolic OH excluding ortho intramolecular Hbond substituents is 3. The molecule has 0 aliphatic rings. The van der Waals surface area contributed by atoms with E-state index in [0.717, 1.165) is 41.0 Å². The molecule has 0 saturated heterocycles. The molecule has 0 unspecified atom stereocenters. The lowest BCUT2D eigenvalue weighted by Crippen LogP contribution is -2.04. The number of phenols is 3. The normalized spacial score (nSPS) is 12.1. The largest absolute Gasteiger partial charge is 0.508 e. The maximum atomic E-state index is 12.4. The van der Waals surface area contributed by atoms with E-state index in [0.29, 0.717) is 31.6 Å². The van der Waals surface area contributed by atoms with Crippen LogP contribution >= 0.6 is 0 Å². The van der Waals surface area contributed by atoms with E-state index in [-0.39, 0.29) is 23.0 Å². The van der Waals surface area contributed by atoms with Gasteiger partial charge in [0.05, 0.1) is 6.61 Å². The average Bonchev–Trinajstić information content (AvgIpc) is 2.94. The Morgan fingerprint density at radius 2 is 1.62 bits per heavy atom. The van der Waals surface area contributed by atoms with Crippen LogP contribution in [0.3, 0.4) is 0 Å². The summed E-state index contributed by atoms with van der Waals surface area (Å²) in [7, 11) is 0. The number of rotatable bonds is 17. The predicted molar refractivity (Wildman–Crippen MR) is 162 cm³/mol. The third-order valence-corrected chi connectivity index (χ3v) is 7.26. The number of aromatic hydroxyl groups is 3. The van der Waals surface area contributed by atoms with Gasteiger partial charge >= 0.3 is 0 Å². The number of hydrogen-bond acceptors (Lipinski definition) is 5. The molecule has 0 spiro atoms. The molecule has 0 bridgehead atoms. The lowest BCUT2D eigenvalue weighted by molar-refractivity contribution is -0.114. The molecule has 0 aromatic heterocycles. The number of unbranched alkanes of at least 4 members (excludes halogenated alkanes) is 3. The van der Waals surface area contributed by atoms with Crippen LogP contribution in [-0.2, 0) is 17.6 Å². The van der Waals surface area contributed by atoms with Gasteiger partial charge in [0.2, 0.25) is 0 Å². The predicted octanol–water partition coefficient (Wildman–Crippen LogP) is 8.54. The molecule has 0 saturated carbocycles. The van der Waals surface area contributed by atoms with Gasteiger partial charge in [-0.25, -0.2) is 0 Å². The van der Waals surface area contributed by atoms with Gasteiger partial charge in [0.25, 0.3) is 0 Å². The van der Waals surface area contributed by atoms with Crippen LogP contribution in [0.5, 0.6) is 23.0 Å². The summed E-state index contributed by atoms with van der Waals surface area (Å²) in [6, 6.07) is 17.2. The lowest BCUT2D eigenvalue weighted by atomic mass is 9.97. The van der Waals surface area contributed by atoms with Crippen molar-refractivity contribution in [1.82, 2.24) is 0 Å². The Balaban J connectivity index is 1.46. The minimum atomic E-state index is 0.0587. The quantitative estimate of drug-likeness (QED) is 0.117. The summed E-state index contributed by atoms with van der Waals surface area (Å²) in [5.41, 5.74) is 3.64. The molecule has 0 heterocycles. The zero-order valence-electron chi connectivity index (χ0n) is 23.9. The van der Waals surface area contributed by atoms with E-state index in [4.69, 9.17) is 4.74 Å². The second kappa shape index (κ2) is 16.4. The van der Waals surface area contributed by atoms with Crippen LogP contribution in [0.4, 0.5) is 0 Å². The van der Waals surface area contributed by atoms with Crippen LogP contribution in [0.25, 0.3) is 11.1 Å².